The second-order valence-corrected chi connectivity index (χ2v) is 13.2. The third-order valence-corrected chi connectivity index (χ3v) is 10.1. The van der Waals surface area contributed by atoms with Crippen molar-refractivity contribution in [3.05, 3.63) is 176 Å². The molecule has 7 aromatic carbocycles. The SMILES string of the molecule is c1ccc(-c2ccc(-c3nc(-c4cccc(-c5ccccc5)c4)nc(-c4cccc(-c5ccc6c(c5)sc5ccccc56)c4)n3)cc2)cc1. The predicted molar refractivity (Wildman–Crippen MR) is 205 cm³/mol. The van der Waals surface area contributed by atoms with Crippen LogP contribution in [0.5, 0.6) is 0 Å². The van der Waals surface area contributed by atoms with Gasteiger partial charge in [0.15, 0.2) is 17.5 Å². The molecule has 0 aliphatic heterocycles. The van der Waals surface area contributed by atoms with E-state index in [0.29, 0.717) is 17.5 Å². The molecule has 0 unspecified atom stereocenters. The van der Waals surface area contributed by atoms with Crippen molar-refractivity contribution in [3.63, 3.8) is 0 Å². The van der Waals surface area contributed by atoms with E-state index < -0.39 is 0 Å². The normalized spacial score (nSPS) is 11.3. The molecule has 0 bridgehead atoms. The summed E-state index contributed by atoms with van der Waals surface area (Å²) >= 11 is 1.84. The summed E-state index contributed by atoms with van der Waals surface area (Å²) in [5.74, 6) is 1.92. The fraction of sp³-hybridized carbons (Fsp3) is 0. The van der Waals surface area contributed by atoms with Crippen molar-refractivity contribution in [2.24, 2.45) is 0 Å². The first-order chi connectivity index (χ1) is 24.2. The van der Waals surface area contributed by atoms with Gasteiger partial charge in [-0.2, -0.15) is 0 Å². The van der Waals surface area contributed by atoms with Crippen LogP contribution in [-0.4, -0.2) is 15.0 Å². The number of hydrogen-bond acceptors (Lipinski definition) is 4. The van der Waals surface area contributed by atoms with Crippen LogP contribution in [0.3, 0.4) is 0 Å². The van der Waals surface area contributed by atoms with E-state index in [1.165, 1.54) is 31.3 Å². The van der Waals surface area contributed by atoms with Crippen LogP contribution in [-0.2, 0) is 0 Å². The number of aromatic nitrogens is 3. The zero-order valence-corrected chi connectivity index (χ0v) is 27.3. The van der Waals surface area contributed by atoms with Gasteiger partial charge < -0.3 is 0 Å². The lowest BCUT2D eigenvalue weighted by molar-refractivity contribution is 1.07. The Bertz CT molecular complexity index is 2590. The number of hydrogen-bond donors (Lipinski definition) is 0. The first kappa shape index (κ1) is 29.0. The Hall–Kier alpha value is -6.23. The van der Waals surface area contributed by atoms with E-state index in [-0.39, 0.29) is 0 Å². The van der Waals surface area contributed by atoms with E-state index in [1.807, 2.05) is 23.5 Å². The second-order valence-electron chi connectivity index (χ2n) is 12.1. The van der Waals surface area contributed by atoms with E-state index >= 15 is 0 Å². The lowest BCUT2D eigenvalue weighted by Gasteiger charge is -2.11. The molecule has 0 atom stereocenters. The highest BCUT2D eigenvalue weighted by molar-refractivity contribution is 7.25. The van der Waals surface area contributed by atoms with Crippen molar-refractivity contribution >= 4 is 31.5 Å². The molecule has 3 nitrogen and oxygen atoms in total. The Balaban J connectivity index is 1.15. The molecular formula is C45H29N3S. The monoisotopic (exact) mass is 643 g/mol. The van der Waals surface area contributed by atoms with Gasteiger partial charge in [-0.15, -0.1) is 11.3 Å². The molecule has 9 aromatic rings. The van der Waals surface area contributed by atoms with Crippen LogP contribution in [0.15, 0.2) is 176 Å². The standard InChI is InChI=1S/C45H29N3S/c1-3-11-30(12-4-1)32-21-23-33(24-22-32)43-46-44(37-17-9-15-34(27-37)31-13-5-2-6-14-31)48-45(47-43)38-18-10-16-35(28-38)36-25-26-40-39-19-7-8-20-41(39)49-42(40)29-36/h1-29H. The maximum Gasteiger partial charge on any atom is 0.164 e. The van der Waals surface area contributed by atoms with Gasteiger partial charge >= 0.3 is 0 Å². The molecule has 0 aliphatic carbocycles. The zero-order chi connectivity index (χ0) is 32.6. The number of thiophene rings is 1. The van der Waals surface area contributed by atoms with Gasteiger partial charge in [0, 0.05) is 36.9 Å². The predicted octanol–water partition coefficient (Wildman–Crippen LogP) is 12.2. The summed E-state index contributed by atoms with van der Waals surface area (Å²) in [6.07, 6.45) is 0. The molecule has 9 rings (SSSR count). The molecule has 0 saturated heterocycles. The van der Waals surface area contributed by atoms with Gasteiger partial charge in [0.1, 0.15) is 0 Å². The summed E-state index contributed by atoms with van der Waals surface area (Å²) in [5.41, 5.74) is 9.71. The highest BCUT2D eigenvalue weighted by atomic mass is 32.1. The average Bonchev–Trinajstić information content (AvgIpc) is 3.57. The summed E-state index contributed by atoms with van der Waals surface area (Å²) in [7, 11) is 0. The van der Waals surface area contributed by atoms with Gasteiger partial charge in [0.2, 0.25) is 0 Å². The highest BCUT2D eigenvalue weighted by Gasteiger charge is 2.15. The van der Waals surface area contributed by atoms with Crippen LogP contribution in [0, 0.1) is 0 Å². The van der Waals surface area contributed by atoms with E-state index in [4.69, 9.17) is 15.0 Å². The number of fused-ring (bicyclic) bond motifs is 3. The van der Waals surface area contributed by atoms with Crippen LogP contribution < -0.4 is 0 Å². The summed E-state index contributed by atoms with van der Waals surface area (Å²) in [5, 5.41) is 2.60. The molecule has 230 valence electrons. The Kier molecular flexibility index (Phi) is 7.34. The molecule has 2 heterocycles. The largest absolute Gasteiger partial charge is 0.208 e. The van der Waals surface area contributed by atoms with E-state index in [2.05, 4.69) is 164 Å². The Morgan fingerprint density at radius 1 is 0.265 bits per heavy atom. The number of benzene rings is 7. The average molecular weight is 644 g/mol. The molecule has 0 fully saturated rings. The van der Waals surface area contributed by atoms with Gasteiger partial charge in [0.25, 0.3) is 0 Å². The maximum absolute atomic E-state index is 5.09. The number of rotatable bonds is 6. The van der Waals surface area contributed by atoms with E-state index in [0.717, 1.165) is 38.9 Å². The van der Waals surface area contributed by atoms with Gasteiger partial charge in [-0.05, 0) is 57.6 Å². The highest BCUT2D eigenvalue weighted by Crippen LogP contribution is 2.37. The molecule has 0 N–H and O–H groups in total. The van der Waals surface area contributed by atoms with Crippen LogP contribution in [0.2, 0.25) is 0 Å². The first-order valence-corrected chi connectivity index (χ1v) is 17.2. The van der Waals surface area contributed by atoms with Crippen molar-refractivity contribution in [3.8, 4) is 67.5 Å². The van der Waals surface area contributed by atoms with Crippen LogP contribution in [0.1, 0.15) is 0 Å². The minimum atomic E-state index is 0.641. The van der Waals surface area contributed by atoms with E-state index in [1.54, 1.807) is 0 Å². The van der Waals surface area contributed by atoms with Crippen molar-refractivity contribution in [1.82, 2.24) is 15.0 Å². The molecule has 0 radical (unpaired) electrons. The zero-order valence-electron chi connectivity index (χ0n) is 26.5. The molecule has 4 heteroatoms. The van der Waals surface area contributed by atoms with Crippen molar-refractivity contribution in [2.45, 2.75) is 0 Å². The Morgan fingerprint density at radius 2 is 0.673 bits per heavy atom. The lowest BCUT2D eigenvalue weighted by Crippen LogP contribution is -2.00. The summed E-state index contributed by atoms with van der Waals surface area (Å²) in [6.45, 7) is 0. The molecule has 0 spiro atoms. The lowest BCUT2D eigenvalue weighted by atomic mass is 10.0. The minimum Gasteiger partial charge on any atom is -0.208 e. The molecule has 2 aromatic heterocycles. The second kappa shape index (κ2) is 12.4. The topological polar surface area (TPSA) is 38.7 Å². The molecule has 0 saturated carbocycles. The van der Waals surface area contributed by atoms with Gasteiger partial charge in [-0.1, -0.05) is 152 Å². The van der Waals surface area contributed by atoms with Gasteiger partial charge in [0.05, 0.1) is 0 Å². The Morgan fingerprint density at radius 3 is 1.33 bits per heavy atom. The van der Waals surface area contributed by atoms with Gasteiger partial charge in [-0.25, -0.2) is 15.0 Å². The molecular weight excluding hydrogens is 615 g/mol. The third-order valence-electron chi connectivity index (χ3n) is 8.95. The summed E-state index contributed by atoms with van der Waals surface area (Å²) < 4.78 is 2.59. The quantitative estimate of drug-likeness (QED) is 0.181. The Labute approximate surface area is 288 Å². The maximum atomic E-state index is 5.09. The van der Waals surface area contributed by atoms with Crippen molar-refractivity contribution in [1.29, 1.82) is 0 Å². The summed E-state index contributed by atoms with van der Waals surface area (Å²) in [4.78, 5) is 15.2. The molecule has 49 heavy (non-hydrogen) atoms. The van der Waals surface area contributed by atoms with Crippen molar-refractivity contribution < 1.29 is 0 Å². The fourth-order valence-electron chi connectivity index (χ4n) is 6.42. The molecule has 0 amide bonds. The van der Waals surface area contributed by atoms with Gasteiger partial charge in [-0.3, -0.25) is 0 Å². The van der Waals surface area contributed by atoms with Crippen molar-refractivity contribution in [2.75, 3.05) is 0 Å². The van der Waals surface area contributed by atoms with Crippen LogP contribution >= 0.6 is 11.3 Å². The number of nitrogens with zero attached hydrogens (tertiary/aromatic N) is 3. The van der Waals surface area contributed by atoms with Crippen LogP contribution in [0.4, 0.5) is 0 Å². The van der Waals surface area contributed by atoms with E-state index in [9.17, 15) is 0 Å². The van der Waals surface area contributed by atoms with Crippen LogP contribution in [0.25, 0.3) is 87.7 Å². The molecule has 0 aliphatic rings. The third kappa shape index (κ3) is 5.69. The smallest absolute Gasteiger partial charge is 0.164 e. The first-order valence-electron chi connectivity index (χ1n) is 16.4. The summed E-state index contributed by atoms with van der Waals surface area (Å²) in [6, 6.07) is 61.6. The minimum absolute atomic E-state index is 0.641. The fourth-order valence-corrected chi connectivity index (χ4v) is 7.56.